The topological polar surface area (TPSA) is 105 Å². The van der Waals surface area contributed by atoms with E-state index in [9.17, 15) is 14.4 Å². The van der Waals surface area contributed by atoms with Crippen LogP contribution < -0.4 is 16.4 Å². The van der Waals surface area contributed by atoms with Crippen LogP contribution in [0.2, 0.25) is 0 Å². The molecular weight excluding hydrogens is 344 g/mol. The third-order valence-corrected chi connectivity index (χ3v) is 4.19. The molecule has 0 spiro atoms. The Morgan fingerprint density at radius 2 is 1.59 bits per heavy atom. The summed E-state index contributed by atoms with van der Waals surface area (Å²) < 4.78 is 0. The van der Waals surface area contributed by atoms with Crippen LogP contribution in [0.3, 0.4) is 0 Å². The molecule has 0 aliphatic rings. The van der Waals surface area contributed by atoms with Crippen molar-refractivity contribution in [2.45, 2.75) is 19.9 Å². The largest absolute Gasteiger partial charge is 0.351 e. The van der Waals surface area contributed by atoms with Crippen molar-refractivity contribution >= 4 is 23.5 Å². The van der Waals surface area contributed by atoms with Crippen LogP contribution in [-0.4, -0.2) is 36.3 Å². The third-order valence-electron chi connectivity index (χ3n) is 4.19. The summed E-state index contributed by atoms with van der Waals surface area (Å²) in [5.74, 6) is -0.848. The standard InChI is InChI=1S/C20H24N4O3/c1-13-8-7-9-14(2)17(13)22-16(25)12-24(3)18(19(26)23-20(21)27)15-10-5-4-6-11-15/h4-11,18H,12H2,1-3H3,(H,22,25)(H3,21,23,26,27). The van der Waals surface area contributed by atoms with E-state index in [1.165, 1.54) is 0 Å². The Balaban J connectivity index is 2.17. The number of hydrogen-bond donors (Lipinski definition) is 3. The summed E-state index contributed by atoms with van der Waals surface area (Å²) in [4.78, 5) is 37.7. The summed E-state index contributed by atoms with van der Waals surface area (Å²) in [5, 5.41) is 4.98. The second-order valence-corrected chi connectivity index (χ2v) is 6.40. The van der Waals surface area contributed by atoms with Crippen molar-refractivity contribution in [2.75, 3.05) is 18.9 Å². The molecule has 2 rings (SSSR count). The number of carbonyl (C=O) groups excluding carboxylic acids is 3. The van der Waals surface area contributed by atoms with Gasteiger partial charge in [0.05, 0.1) is 6.54 Å². The van der Waals surface area contributed by atoms with Crippen molar-refractivity contribution in [3.05, 3.63) is 65.2 Å². The van der Waals surface area contributed by atoms with Gasteiger partial charge in [0.1, 0.15) is 6.04 Å². The predicted molar refractivity (Wildman–Crippen MR) is 104 cm³/mol. The van der Waals surface area contributed by atoms with Gasteiger partial charge in [-0.25, -0.2) is 4.79 Å². The maximum atomic E-state index is 12.5. The van der Waals surface area contributed by atoms with Crippen LogP contribution in [0.25, 0.3) is 0 Å². The molecule has 2 aromatic rings. The zero-order valence-electron chi connectivity index (χ0n) is 15.7. The van der Waals surface area contributed by atoms with Crippen LogP contribution >= 0.6 is 0 Å². The number of aryl methyl sites for hydroxylation is 2. The van der Waals surface area contributed by atoms with Gasteiger partial charge in [-0.2, -0.15) is 0 Å². The first-order valence-electron chi connectivity index (χ1n) is 8.51. The molecule has 0 aliphatic carbocycles. The number of imide groups is 1. The Bertz CT molecular complexity index is 816. The second-order valence-electron chi connectivity index (χ2n) is 6.40. The lowest BCUT2D eigenvalue weighted by atomic mass is 10.0. The van der Waals surface area contributed by atoms with Gasteiger partial charge in [-0.05, 0) is 37.6 Å². The van der Waals surface area contributed by atoms with Crippen LogP contribution in [0.1, 0.15) is 22.7 Å². The molecule has 27 heavy (non-hydrogen) atoms. The molecule has 1 unspecified atom stereocenters. The zero-order valence-corrected chi connectivity index (χ0v) is 15.7. The molecule has 7 nitrogen and oxygen atoms in total. The Morgan fingerprint density at radius 1 is 1.00 bits per heavy atom. The van der Waals surface area contributed by atoms with Crippen molar-refractivity contribution in [1.82, 2.24) is 10.2 Å². The maximum absolute atomic E-state index is 12.5. The smallest absolute Gasteiger partial charge is 0.318 e. The number of nitrogens with one attached hydrogen (secondary N) is 2. The van der Waals surface area contributed by atoms with E-state index in [4.69, 9.17) is 5.73 Å². The van der Waals surface area contributed by atoms with Gasteiger partial charge >= 0.3 is 6.03 Å². The fraction of sp³-hybridized carbons (Fsp3) is 0.250. The summed E-state index contributed by atoms with van der Waals surface area (Å²) in [6.07, 6.45) is 0. The lowest BCUT2D eigenvalue weighted by molar-refractivity contribution is -0.126. The lowest BCUT2D eigenvalue weighted by Crippen LogP contribution is -2.45. The van der Waals surface area contributed by atoms with Gasteiger partial charge in [0.2, 0.25) is 11.8 Å². The van der Waals surface area contributed by atoms with Crippen molar-refractivity contribution in [3.63, 3.8) is 0 Å². The molecule has 0 fully saturated rings. The summed E-state index contributed by atoms with van der Waals surface area (Å²) in [5.41, 5.74) is 8.40. The maximum Gasteiger partial charge on any atom is 0.318 e. The predicted octanol–water partition coefficient (Wildman–Crippen LogP) is 2.11. The molecule has 0 saturated carbocycles. The van der Waals surface area contributed by atoms with E-state index in [1.54, 1.807) is 36.2 Å². The first-order valence-corrected chi connectivity index (χ1v) is 8.51. The Morgan fingerprint density at radius 3 is 2.15 bits per heavy atom. The average Bonchev–Trinajstić information content (AvgIpc) is 2.58. The summed E-state index contributed by atoms with van der Waals surface area (Å²) in [6, 6.07) is 12.9. The minimum absolute atomic E-state index is 0.0421. The highest BCUT2D eigenvalue weighted by molar-refractivity contribution is 5.98. The molecule has 142 valence electrons. The van der Waals surface area contributed by atoms with Gasteiger partial charge in [0.15, 0.2) is 0 Å². The molecule has 0 radical (unpaired) electrons. The lowest BCUT2D eigenvalue weighted by Gasteiger charge is -2.26. The highest BCUT2D eigenvalue weighted by atomic mass is 16.2. The molecule has 2 aromatic carbocycles. The first-order chi connectivity index (χ1) is 12.8. The Kier molecular flexibility index (Phi) is 6.67. The molecule has 4 amide bonds. The van der Waals surface area contributed by atoms with E-state index in [0.717, 1.165) is 16.8 Å². The van der Waals surface area contributed by atoms with E-state index in [1.807, 2.05) is 38.1 Å². The Hall–Kier alpha value is -3.19. The zero-order chi connectivity index (χ0) is 20.0. The van der Waals surface area contributed by atoms with Crippen LogP contribution in [-0.2, 0) is 9.59 Å². The molecule has 7 heteroatoms. The number of para-hydroxylation sites is 1. The van der Waals surface area contributed by atoms with E-state index in [2.05, 4.69) is 10.6 Å². The highest BCUT2D eigenvalue weighted by Gasteiger charge is 2.27. The number of amides is 4. The fourth-order valence-corrected chi connectivity index (χ4v) is 2.94. The molecule has 4 N–H and O–H groups in total. The number of anilines is 1. The van der Waals surface area contributed by atoms with Gasteiger partial charge in [0.25, 0.3) is 0 Å². The molecule has 0 saturated heterocycles. The van der Waals surface area contributed by atoms with Crippen molar-refractivity contribution in [1.29, 1.82) is 0 Å². The second kappa shape index (κ2) is 8.95. The van der Waals surface area contributed by atoms with E-state index in [0.29, 0.717) is 5.56 Å². The summed E-state index contributed by atoms with van der Waals surface area (Å²) >= 11 is 0. The van der Waals surface area contributed by atoms with Crippen molar-refractivity contribution in [2.24, 2.45) is 5.73 Å². The number of urea groups is 1. The van der Waals surface area contributed by atoms with Crippen LogP contribution in [0.15, 0.2) is 48.5 Å². The number of nitrogens with zero attached hydrogens (tertiary/aromatic N) is 1. The Labute approximate surface area is 158 Å². The highest BCUT2D eigenvalue weighted by Crippen LogP contribution is 2.21. The van der Waals surface area contributed by atoms with E-state index >= 15 is 0 Å². The number of benzene rings is 2. The molecular formula is C20H24N4O3. The minimum Gasteiger partial charge on any atom is -0.351 e. The minimum atomic E-state index is -0.936. The van der Waals surface area contributed by atoms with Crippen LogP contribution in [0.5, 0.6) is 0 Å². The monoisotopic (exact) mass is 368 g/mol. The van der Waals surface area contributed by atoms with Gasteiger partial charge in [0, 0.05) is 5.69 Å². The quantitative estimate of drug-likeness (QED) is 0.726. The SMILES string of the molecule is Cc1cccc(C)c1NC(=O)CN(C)C(C(=O)NC(N)=O)c1ccccc1. The van der Waals surface area contributed by atoms with E-state index in [-0.39, 0.29) is 12.5 Å². The molecule has 0 bridgehead atoms. The van der Waals surface area contributed by atoms with E-state index < -0.39 is 18.0 Å². The number of nitrogens with two attached hydrogens (primary N) is 1. The van der Waals surface area contributed by atoms with Crippen LogP contribution in [0.4, 0.5) is 10.5 Å². The van der Waals surface area contributed by atoms with Crippen molar-refractivity contribution in [3.8, 4) is 0 Å². The number of carbonyl (C=O) groups is 3. The van der Waals surface area contributed by atoms with Crippen LogP contribution in [0, 0.1) is 13.8 Å². The third kappa shape index (κ3) is 5.39. The van der Waals surface area contributed by atoms with Gasteiger partial charge in [-0.15, -0.1) is 0 Å². The average molecular weight is 368 g/mol. The first kappa shape index (κ1) is 20.1. The fourth-order valence-electron chi connectivity index (χ4n) is 2.94. The number of hydrogen-bond acceptors (Lipinski definition) is 4. The molecule has 1 atom stereocenters. The number of rotatable bonds is 6. The molecule has 0 heterocycles. The number of primary amides is 1. The summed E-state index contributed by atoms with van der Waals surface area (Å²) in [7, 11) is 1.64. The normalized spacial score (nSPS) is 11.7. The number of likely N-dealkylation sites (N-methyl/N-ethyl adjacent to an activating group) is 1. The summed E-state index contributed by atoms with van der Waals surface area (Å²) in [6.45, 7) is 3.79. The van der Waals surface area contributed by atoms with Gasteiger partial charge < -0.3 is 11.1 Å². The van der Waals surface area contributed by atoms with Crippen molar-refractivity contribution < 1.29 is 14.4 Å². The molecule has 0 aromatic heterocycles. The molecule has 0 aliphatic heterocycles. The van der Waals surface area contributed by atoms with Gasteiger partial charge in [-0.1, -0.05) is 48.5 Å². The van der Waals surface area contributed by atoms with Gasteiger partial charge in [-0.3, -0.25) is 19.8 Å².